The number of hydrogen-bond acceptors (Lipinski definition) is 4. The van der Waals surface area contributed by atoms with Crippen LogP contribution in [-0.4, -0.2) is 33.0 Å². The molecule has 3 heterocycles. The first kappa shape index (κ1) is 13.2. The summed E-state index contributed by atoms with van der Waals surface area (Å²) >= 11 is 0. The summed E-state index contributed by atoms with van der Waals surface area (Å²) in [6.45, 7) is 3.94. The zero-order valence-corrected chi connectivity index (χ0v) is 12.7. The predicted octanol–water partition coefficient (Wildman–Crippen LogP) is 3.05. The van der Waals surface area contributed by atoms with Crippen LogP contribution in [0.15, 0.2) is 36.5 Å². The van der Waals surface area contributed by atoms with Crippen LogP contribution in [0, 0.1) is 6.92 Å². The van der Waals surface area contributed by atoms with Gasteiger partial charge in [-0.25, -0.2) is 15.0 Å². The van der Waals surface area contributed by atoms with Crippen molar-refractivity contribution in [3.05, 3.63) is 48.2 Å². The number of nitrogens with one attached hydrogen (secondary N) is 1. The van der Waals surface area contributed by atoms with Gasteiger partial charge in [0.25, 0.3) is 0 Å². The Kier molecular flexibility index (Phi) is 3.25. The van der Waals surface area contributed by atoms with E-state index in [9.17, 15) is 0 Å². The Morgan fingerprint density at radius 3 is 2.95 bits per heavy atom. The summed E-state index contributed by atoms with van der Waals surface area (Å²) < 4.78 is 0. The number of hydrogen-bond donors (Lipinski definition) is 1. The molecular formula is C17H19N5. The van der Waals surface area contributed by atoms with E-state index < -0.39 is 0 Å². The number of aromatic amines is 1. The SMILES string of the molecule is Cc1nccc(N2CCCC(c3nc4ccccc4[nH]3)C2)n1. The standard InChI is InChI=1S/C17H19N5/c1-12-18-9-8-16(19-12)22-10-4-5-13(11-22)17-20-14-6-2-3-7-15(14)21-17/h2-3,6-9,13H,4-5,10-11H2,1H3,(H,20,21). The van der Waals surface area contributed by atoms with Gasteiger partial charge in [0, 0.05) is 25.2 Å². The van der Waals surface area contributed by atoms with E-state index in [-0.39, 0.29) is 0 Å². The summed E-state index contributed by atoms with van der Waals surface area (Å²) in [6, 6.07) is 10.2. The maximum atomic E-state index is 4.77. The second-order valence-corrected chi connectivity index (χ2v) is 5.89. The van der Waals surface area contributed by atoms with Crippen molar-refractivity contribution >= 4 is 16.9 Å². The van der Waals surface area contributed by atoms with E-state index in [1.54, 1.807) is 0 Å². The minimum absolute atomic E-state index is 0.427. The predicted molar refractivity (Wildman–Crippen MR) is 87.1 cm³/mol. The van der Waals surface area contributed by atoms with Crippen LogP contribution in [0.5, 0.6) is 0 Å². The van der Waals surface area contributed by atoms with E-state index >= 15 is 0 Å². The lowest BCUT2D eigenvalue weighted by Gasteiger charge is -2.32. The quantitative estimate of drug-likeness (QED) is 0.789. The molecule has 1 saturated heterocycles. The number of para-hydroxylation sites is 2. The van der Waals surface area contributed by atoms with E-state index in [0.29, 0.717) is 5.92 Å². The number of rotatable bonds is 2. The summed E-state index contributed by atoms with van der Waals surface area (Å²) in [5, 5.41) is 0. The van der Waals surface area contributed by atoms with Gasteiger partial charge in [-0.2, -0.15) is 0 Å². The number of aryl methyl sites for hydroxylation is 1. The molecule has 22 heavy (non-hydrogen) atoms. The molecule has 5 nitrogen and oxygen atoms in total. The Morgan fingerprint density at radius 1 is 1.18 bits per heavy atom. The fourth-order valence-corrected chi connectivity index (χ4v) is 3.19. The fraction of sp³-hybridized carbons (Fsp3) is 0.353. The molecule has 1 aromatic carbocycles. The summed E-state index contributed by atoms with van der Waals surface area (Å²) in [7, 11) is 0. The molecule has 5 heteroatoms. The van der Waals surface area contributed by atoms with Crippen LogP contribution < -0.4 is 4.90 Å². The molecule has 1 atom stereocenters. The third-order valence-electron chi connectivity index (χ3n) is 4.30. The van der Waals surface area contributed by atoms with Gasteiger partial charge >= 0.3 is 0 Å². The first-order valence-corrected chi connectivity index (χ1v) is 7.79. The lowest BCUT2D eigenvalue weighted by atomic mass is 9.97. The van der Waals surface area contributed by atoms with Gasteiger partial charge in [-0.1, -0.05) is 12.1 Å². The number of piperidine rings is 1. The van der Waals surface area contributed by atoms with Gasteiger partial charge in [0.2, 0.25) is 0 Å². The number of fused-ring (bicyclic) bond motifs is 1. The molecule has 4 rings (SSSR count). The molecule has 1 unspecified atom stereocenters. The third kappa shape index (κ3) is 2.43. The van der Waals surface area contributed by atoms with Crippen LogP contribution in [0.25, 0.3) is 11.0 Å². The molecule has 0 radical (unpaired) electrons. The molecule has 0 aliphatic carbocycles. The second kappa shape index (κ2) is 5.40. The van der Waals surface area contributed by atoms with Gasteiger partial charge in [-0.05, 0) is 38.0 Å². The lowest BCUT2D eigenvalue weighted by molar-refractivity contribution is 0.492. The minimum Gasteiger partial charge on any atom is -0.356 e. The smallest absolute Gasteiger partial charge is 0.132 e. The van der Waals surface area contributed by atoms with Crippen LogP contribution in [0.3, 0.4) is 0 Å². The van der Waals surface area contributed by atoms with Gasteiger partial charge in [-0.15, -0.1) is 0 Å². The maximum Gasteiger partial charge on any atom is 0.132 e. The maximum absolute atomic E-state index is 4.77. The van der Waals surface area contributed by atoms with Gasteiger partial charge < -0.3 is 9.88 Å². The van der Waals surface area contributed by atoms with Crippen molar-refractivity contribution in [2.24, 2.45) is 0 Å². The van der Waals surface area contributed by atoms with Crippen LogP contribution in [0.4, 0.5) is 5.82 Å². The Balaban J connectivity index is 1.60. The van der Waals surface area contributed by atoms with Crippen molar-refractivity contribution in [1.82, 2.24) is 19.9 Å². The highest BCUT2D eigenvalue weighted by molar-refractivity contribution is 5.74. The molecule has 112 valence electrons. The number of aromatic nitrogens is 4. The molecule has 0 bridgehead atoms. The number of benzene rings is 1. The average Bonchev–Trinajstić information content (AvgIpc) is 2.99. The first-order valence-electron chi connectivity index (χ1n) is 7.79. The third-order valence-corrected chi connectivity index (χ3v) is 4.30. The van der Waals surface area contributed by atoms with Crippen molar-refractivity contribution < 1.29 is 0 Å². The first-order chi connectivity index (χ1) is 10.8. The van der Waals surface area contributed by atoms with Crippen molar-refractivity contribution in [2.45, 2.75) is 25.7 Å². The highest BCUT2D eigenvalue weighted by Crippen LogP contribution is 2.28. The summed E-state index contributed by atoms with van der Waals surface area (Å²) in [5.41, 5.74) is 2.17. The van der Waals surface area contributed by atoms with Crippen LogP contribution in [0.2, 0.25) is 0 Å². The topological polar surface area (TPSA) is 57.7 Å². The monoisotopic (exact) mass is 293 g/mol. The number of H-pyrrole nitrogens is 1. The molecule has 1 aliphatic rings. The fourth-order valence-electron chi connectivity index (χ4n) is 3.19. The van der Waals surface area contributed by atoms with Crippen LogP contribution >= 0.6 is 0 Å². The lowest BCUT2D eigenvalue weighted by Crippen LogP contribution is -2.35. The van der Waals surface area contributed by atoms with E-state index in [1.165, 1.54) is 6.42 Å². The zero-order chi connectivity index (χ0) is 14.9. The summed E-state index contributed by atoms with van der Waals surface area (Å²) in [5.74, 6) is 3.37. The van der Waals surface area contributed by atoms with Gasteiger partial charge in [0.15, 0.2) is 0 Å². The number of nitrogens with zero attached hydrogens (tertiary/aromatic N) is 4. The van der Waals surface area contributed by atoms with Gasteiger partial charge in [-0.3, -0.25) is 0 Å². The van der Waals surface area contributed by atoms with Crippen molar-refractivity contribution in [2.75, 3.05) is 18.0 Å². The largest absolute Gasteiger partial charge is 0.356 e. The summed E-state index contributed by atoms with van der Waals surface area (Å²) in [6.07, 6.45) is 4.16. The molecule has 3 aromatic rings. The van der Waals surface area contributed by atoms with E-state index in [1.807, 2.05) is 31.3 Å². The van der Waals surface area contributed by atoms with Crippen LogP contribution in [-0.2, 0) is 0 Å². The highest BCUT2D eigenvalue weighted by Gasteiger charge is 2.24. The van der Waals surface area contributed by atoms with E-state index in [4.69, 9.17) is 4.98 Å². The Bertz CT molecular complexity index is 761. The van der Waals surface area contributed by atoms with Crippen molar-refractivity contribution in [1.29, 1.82) is 0 Å². The van der Waals surface area contributed by atoms with Crippen LogP contribution in [0.1, 0.15) is 30.4 Å². The van der Waals surface area contributed by atoms with Gasteiger partial charge in [0.1, 0.15) is 17.5 Å². The molecule has 0 saturated carbocycles. The highest BCUT2D eigenvalue weighted by atomic mass is 15.2. The average molecular weight is 293 g/mol. The molecule has 0 spiro atoms. The molecule has 1 fully saturated rings. The van der Waals surface area contributed by atoms with E-state index in [2.05, 4.69) is 32.0 Å². The normalized spacial score (nSPS) is 18.8. The molecule has 0 amide bonds. The summed E-state index contributed by atoms with van der Waals surface area (Å²) in [4.78, 5) is 19.3. The number of anilines is 1. The van der Waals surface area contributed by atoms with Crippen molar-refractivity contribution in [3.63, 3.8) is 0 Å². The zero-order valence-electron chi connectivity index (χ0n) is 12.7. The minimum atomic E-state index is 0.427. The Labute approximate surface area is 129 Å². The Morgan fingerprint density at radius 2 is 2.09 bits per heavy atom. The molecule has 1 aliphatic heterocycles. The van der Waals surface area contributed by atoms with E-state index in [0.717, 1.165) is 48.0 Å². The van der Waals surface area contributed by atoms with Gasteiger partial charge in [0.05, 0.1) is 11.0 Å². The Hall–Kier alpha value is -2.43. The van der Waals surface area contributed by atoms with Crippen molar-refractivity contribution in [3.8, 4) is 0 Å². The molecular weight excluding hydrogens is 274 g/mol. The second-order valence-electron chi connectivity index (χ2n) is 5.89. The number of imidazole rings is 1. The molecule has 1 N–H and O–H groups in total. The molecule has 2 aromatic heterocycles.